The third-order valence-corrected chi connectivity index (χ3v) is 6.64. The van der Waals surface area contributed by atoms with Gasteiger partial charge >= 0.3 is 0 Å². The number of nitrogens with zero attached hydrogens (tertiary/aromatic N) is 2. The molecule has 2 aromatic rings. The van der Waals surface area contributed by atoms with Gasteiger partial charge in [0.1, 0.15) is 0 Å². The van der Waals surface area contributed by atoms with Crippen molar-refractivity contribution < 1.29 is 26.7 Å². The van der Waals surface area contributed by atoms with Crippen molar-refractivity contribution in [1.29, 1.82) is 0 Å². The molecule has 0 aliphatic rings. The molecule has 2 rings (SSSR count). The number of pyridine rings is 1. The Bertz CT molecular complexity index is 1050. The number of fused-ring (bicyclic) bond motifs is 1. The predicted octanol–water partition coefficient (Wildman–Crippen LogP) is 1.91. The van der Waals surface area contributed by atoms with Gasteiger partial charge < -0.3 is 14.6 Å². The fourth-order valence-electron chi connectivity index (χ4n) is 3.10. The van der Waals surface area contributed by atoms with Gasteiger partial charge in [-0.3, -0.25) is 9.59 Å². The number of amides is 1. The number of methoxy groups -OCH3 is 1. The van der Waals surface area contributed by atoms with Gasteiger partial charge in [-0.05, 0) is 18.2 Å². The molecule has 0 aliphatic carbocycles. The van der Waals surface area contributed by atoms with Crippen molar-refractivity contribution in [1.82, 2.24) is 14.2 Å². The second kappa shape index (κ2) is 10.1. The number of rotatable bonds is 10. The molecular weight excluding hydrogens is 420 g/mol. The van der Waals surface area contributed by atoms with Crippen LogP contribution in [0.1, 0.15) is 24.2 Å². The van der Waals surface area contributed by atoms with E-state index in [2.05, 4.69) is 4.98 Å². The minimum Gasteiger partial charge on any atom is -0.383 e. The van der Waals surface area contributed by atoms with Gasteiger partial charge in [0.25, 0.3) is 12.3 Å². The van der Waals surface area contributed by atoms with Crippen LogP contribution in [0.3, 0.4) is 0 Å². The Morgan fingerprint density at radius 1 is 1.20 bits per heavy atom. The Hall–Kier alpha value is -2.37. The van der Waals surface area contributed by atoms with Crippen LogP contribution >= 0.6 is 0 Å². The summed E-state index contributed by atoms with van der Waals surface area (Å²) in [5.74, 6) is -0.805. The van der Waals surface area contributed by atoms with E-state index in [1.54, 1.807) is 13.8 Å². The highest BCUT2D eigenvalue weighted by Crippen LogP contribution is 2.24. The molecule has 1 heterocycles. The fourth-order valence-corrected chi connectivity index (χ4v) is 4.58. The average Bonchev–Trinajstić information content (AvgIpc) is 2.70. The summed E-state index contributed by atoms with van der Waals surface area (Å²) in [5, 5.41) is 0.157. The second-order valence-electron chi connectivity index (χ2n) is 6.48. The highest BCUT2D eigenvalue weighted by molar-refractivity contribution is 7.89. The summed E-state index contributed by atoms with van der Waals surface area (Å²) in [4.78, 5) is 28.4. The zero-order valence-electron chi connectivity index (χ0n) is 17.0. The van der Waals surface area contributed by atoms with Gasteiger partial charge in [-0.25, -0.2) is 17.2 Å². The highest BCUT2D eigenvalue weighted by atomic mass is 32.2. The molecule has 0 fully saturated rings. The van der Waals surface area contributed by atoms with Gasteiger partial charge in [0, 0.05) is 43.7 Å². The van der Waals surface area contributed by atoms with Crippen molar-refractivity contribution in [3.8, 4) is 0 Å². The van der Waals surface area contributed by atoms with Crippen molar-refractivity contribution in [2.24, 2.45) is 0 Å². The minimum atomic E-state index is -3.82. The van der Waals surface area contributed by atoms with Crippen molar-refractivity contribution in [3.63, 3.8) is 0 Å². The monoisotopic (exact) mass is 445 g/mol. The molecule has 0 unspecified atom stereocenters. The minimum absolute atomic E-state index is 0.0289. The van der Waals surface area contributed by atoms with Crippen molar-refractivity contribution >= 4 is 26.8 Å². The van der Waals surface area contributed by atoms with Crippen LogP contribution in [0, 0.1) is 0 Å². The first-order valence-electron chi connectivity index (χ1n) is 9.39. The zero-order valence-corrected chi connectivity index (χ0v) is 17.8. The lowest BCUT2D eigenvalue weighted by Crippen LogP contribution is -2.38. The standard InChI is InChI=1S/C19H25F2N3O5S/c1-4-24(5-2)30(27,28)13-6-7-16-14(10-13)15(11-18(25)22-16)19(26)23(8-9-29-3)12-17(20)21/h6-7,10-11,17H,4-5,8-9,12H2,1-3H3,(H,22,25). The number of H-pyrrole nitrogens is 1. The molecule has 0 saturated heterocycles. The third kappa shape index (κ3) is 5.21. The van der Waals surface area contributed by atoms with Crippen molar-refractivity contribution in [2.75, 3.05) is 39.9 Å². The number of carbonyl (C=O) groups is 1. The number of halogens is 2. The molecule has 0 bridgehead atoms. The molecule has 0 saturated carbocycles. The number of ether oxygens (including phenoxy) is 1. The molecular formula is C19H25F2N3O5S. The first-order valence-corrected chi connectivity index (χ1v) is 10.8. The van der Waals surface area contributed by atoms with E-state index < -0.39 is 34.5 Å². The van der Waals surface area contributed by atoms with Gasteiger partial charge in [0.15, 0.2) is 0 Å². The second-order valence-corrected chi connectivity index (χ2v) is 8.42. The first-order chi connectivity index (χ1) is 14.1. The van der Waals surface area contributed by atoms with Gasteiger partial charge in [-0.2, -0.15) is 4.31 Å². The van der Waals surface area contributed by atoms with E-state index in [0.717, 1.165) is 11.0 Å². The van der Waals surface area contributed by atoms with Crippen molar-refractivity contribution in [2.45, 2.75) is 25.2 Å². The molecule has 1 aromatic heterocycles. The molecule has 0 aliphatic heterocycles. The lowest BCUT2D eigenvalue weighted by Gasteiger charge is -2.23. The van der Waals surface area contributed by atoms with Crippen LogP contribution in [-0.2, 0) is 14.8 Å². The van der Waals surface area contributed by atoms with E-state index >= 15 is 0 Å². The maximum atomic E-state index is 13.0. The number of aromatic amines is 1. The molecule has 1 aromatic carbocycles. The Labute approximate surface area is 173 Å². The van der Waals surface area contributed by atoms with Crippen LogP contribution in [0.5, 0.6) is 0 Å². The third-order valence-electron chi connectivity index (χ3n) is 4.60. The molecule has 1 amide bonds. The number of hydrogen-bond acceptors (Lipinski definition) is 5. The van der Waals surface area contributed by atoms with Crippen LogP contribution in [0.15, 0.2) is 34.0 Å². The summed E-state index contributed by atoms with van der Waals surface area (Å²) < 4.78 is 57.8. The van der Waals surface area contributed by atoms with E-state index in [9.17, 15) is 26.8 Å². The van der Waals surface area contributed by atoms with Crippen LogP contribution < -0.4 is 5.56 Å². The summed E-state index contributed by atoms with van der Waals surface area (Å²) in [6.07, 6.45) is -2.78. The maximum Gasteiger partial charge on any atom is 0.255 e. The van der Waals surface area contributed by atoms with Gasteiger partial charge in [0.2, 0.25) is 15.6 Å². The summed E-state index contributed by atoms with van der Waals surface area (Å²) in [5.41, 5.74) is -0.524. The molecule has 1 N–H and O–H groups in total. The number of hydrogen-bond donors (Lipinski definition) is 1. The molecule has 11 heteroatoms. The number of benzene rings is 1. The Kier molecular flexibility index (Phi) is 8.04. The van der Waals surface area contributed by atoms with Crippen LogP contribution in [0.4, 0.5) is 8.78 Å². The Balaban J connectivity index is 2.63. The fraction of sp³-hybridized carbons (Fsp3) is 0.474. The number of aromatic nitrogens is 1. The molecule has 0 spiro atoms. The van der Waals surface area contributed by atoms with Crippen LogP contribution in [0.25, 0.3) is 10.9 Å². The number of sulfonamides is 1. The van der Waals surface area contributed by atoms with Crippen LogP contribution in [0.2, 0.25) is 0 Å². The lowest BCUT2D eigenvalue weighted by atomic mass is 10.1. The number of nitrogens with one attached hydrogen (secondary N) is 1. The Morgan fingerprint density at radius 3 is 2.43 bits per heavy atom. The molecule has 8 nitrogen and oxygen atoms in total. The highest BCUT2D eigenvalue weighted by Gasteiger charge is 2.25. The summed E-state index contributed by atoms with van der Waals surface area (Å²) in [7, 11) is -2.45. The lowest BCUT2D eigenvalue weighted by molar-refractivity contribution is 0.0479. The normalized spacial score (nSPS) is 12.1. The van der Waals surface area contributed by atoms with E-state index in [4.69, 9.17) is 4.74 Å². The zero-order chi connectivity index (χ0) is 22.5. The van der Waals surface area contributed by atoms with E-state index in [1.165, 1.54) is 29.6 Å². The average molecular weight is 445 g/mol. The molecule has 0 radical (unpaired) electrons. The van der Waals surface area contributed by atoms with Crippen molar-refractivity contribution in [3.05, 3.63) is 40.2 Å². The van der Waals surface area contributed by atoms with E-state index in [-0.39, 0.29) is 47.6 Å². The largest absolute Gasteiger partial charge is 0.383 e. The smallest absolute Gasteiger partial charge is 0.255 e. The van der Waals surface area contributed by atoms with Crippen LogP contribution in [-0.4, -0.2) is 74.8 Å². The van der Waals surface area contributed by atoms with E-state index in [0.29, 0.717) is 0 Å². The summed E-state index contributed by atoms with van der Waals surface area (Å²) in [6.45, 7) is 3.00. The SMILES string of the molecule is CCN(CC)S(=O)(=O)c1ccc2[nH]c(=O)cc(C(=O)N(CCOC)CC(F)F)c2c1. The molecule has 0 atom stereocenters. The number of carbonyl (C=O) groups excluding carboxylic acids is 1. The molecule has 166 valence electrons. The van der Waals surface area contributed by atoms with Gasteiger partial charge in [-0.1, -0.05) is 13.8 Å². The maximum absolute atomic E-state index is 13.0. The van der Waals surface area contributed by atoms with Gasteiger partial charge in [-0.15, -0.1) is 0 Å². The topological polar surface area (TPSA) is 99.8 Å². The summed E-state index contributed by atoms with van der Waals surface area (Å²) in [6, 6.07) is 4.99. The predicted molar refractivity (Wildman–Crippen MR) is 108 cm³/mol. The number of alkyl halides is 2. The Morgan fingerprint density at radius 2 is 1.87 bits per heavy atom. The first kappa shape index (κ1) is 23.9. The summed E-state index contributed by atoms with van der Waals surface area (Å²) >= 11 is 0. The quantitative estimate of drug-likeness (QED) is 0.602. The van der Waals surface area contributed by atoms with Gasteiger partial charge in [0.05, 0.1) is 23.6 Å². The molecule has 30 heavy (non-hydrogen) atoms. The van der Waals surface area contributed by atoms with E-state index in [1.807, 2.05) is 0 Å².